The molecule has 0 aliphatic heterocycles. The average Bonchev–Trinajstić information content (AvgIpc) is 2.96. The van der Waals surface area contributed by atoms with Crippen molar-refractivity contribution in [2.24, 2.45) is 4.99 Å². The van der Waals surface area contributed by atoms with Crippen LogP contribution in [-0.2, 0) is 28.5 Å². The van der Waals surface area contributed by atoms with Gasteiger partial charge in [0, 0.05) is 32.8 Å². The fourth-order valence-electron chi connectivity index (χ4n) is 4.39. The lowest BCUT2D eigenvalue weighted by molar-refractivity contribution is -0.143. The summed E-state index contributed by atoms with van der Waals surface area (Å²) < 4.78 is 20.9. The third kappa shape index (κ3) is 29.0. The number of hydrogen-bond acceptors (Lipinski definition) is 11. The summed E-state index contributed by atoms with van der Waals surface area (Å²) >= 11 is 0. The first kappa shape index (κ1) is 48.3. The maximum absolute atomic E-state index is 12.5. The Morgan fingerprint density at radius 1 is 0.577 bits per heavy atom. The van der Waals surface area contributed by atoms with Gasteiger partial charge in [0.25, 0.3) is 11.8 Å². The first-order chi connectivity index (χ1) is 24.1. The number of methoxy groups -OCH3 is 1. The predicted octanol–water partition coefficient (Wildman–Crippen LogP) is 4.65. The van der Waals surface area contributed by atoms with Crippen molar-refractivity contribution < 1.29 is 42.9 Å². The molecule has 0 saturated heterocycles. The maximum Gasteiger partial charge on any atom is 0.414 e. The molecule has 52 heavy (non-hydrogen) atoms. The van der Waals surface area contributed by atoms with Crippen molar-refractivity contribution in [3.05, 3.63) is 0 Å². The highest BCUT2D eigenvalue weighted by molar-refractivity contribution is 6.03. The quantitative estimate of drug-likeness (QED) is 0.0315. The van der Waals surface area contributed by atoms with Crippen molar-refractivity contribution in [2.45, 2.75) is 156 Å². The number of guanidine groups is 1. The van der Waals surface area contributed by atoms with E-state index in [-0.39, 0.29) is 12.0 Å². The summed E-state index contributed by atoms with van der Waals surface area (Å²) in [5.41, 5.74) is -1.96. The third-order valence-electron chi connectivity index (χ3n) is 6.70. The lowest BCUT2D eigenvalue weighted by Crippen LogP contribution is -2.47. The van der Waals surface area contributed by atoms with E-state index < -0.39 is 53.0 Å². The molecule has 0 aromatic heterocycles. The van der Waals surface area contributed by atoms with Gasteiger partial charge in [-0.15, -0.1) is 0 Å². The van der Waals surface area contributed by atoms with Crippen molar-refractivity contribution in [1.82, 2.24) is 31.9 Å². The zero-order chi connectivity index (χ0) is 39.8. The minimum Gasteiger partial charge on any atom is -0.444 e. The van der Waals surface area contributed by atoms with Crippen LogP contribution in [0.4, 0.5) is 14.4 Å². The Hall–Kier alpha value is -3.66. The molecule has 0 fully saturated rings. The van der Waals surface area contributed by atoms with Gasteiger partial charge in [-0.25, -0.2) is 14.4 Å². The summed E-state index contributed by atoms with van der Waals surface area (Å²) in [7, 11) is 1.33. The van der Waals surface area contributed by atoms with Crippen LogP contribution < -0.4 is 31.9 Å². The molecule has 0 spiro atoms. The van der Waals surface area contributed by atoms with Crippen LogP contribution in [-0.4, -0.2) is 105 Å². The van der Waals surface area contributed by atoms with Crippen LogP contribution in [0, 0.1) is 0 Å². The Labute approximate surface area is 311 Å². The van der Waals surface area contributed by atoms with Gasteiger partial charge in [-0.2, -0.15) is 0 Å². The molecule has 0 aromatic carbocycles. The van der Waals surface area contributed by atoms with E-state index in [2.05, 4.69) is 36.9 Å². The molecule has 0 aliphatic rings. The summed E-state index contributed by atoms with van der Waals surface area (Å²) in [6.07, 6.45) is 4.40. The van der Waals surface area contributed by atoms with Crippen molar-refractivity contribution in [3.8, 4) is 0 Å². The van der Waals surface area contributed by atoms with Gasteiger partial charge in [-0.1, -0.05) is 25.7 Å². The van der Waals surface area contributed by atoms with Gasteiger partial charge in [0.15, 0.2) is 0 Å². The predicted molar refractivity (Wildman–Crippen MR) is 201 cm³/mol. The van der Waals surface area contributed by atoms with E-state index in [4.69, 9.17) is 18.9 Å². The molecule has 0 heterocycles. The largest absolute Gasteiger partial charge is 0.444 e. The summed E-state index contributed by atoms with van der Waals surface area (Å²) in [5, 5.41) is 16.6. The number of unbranched alkanes of at least 4 members (excludes halogenated alkanes) is 6. The molecule has 0 saturated carbocycles. The van der Waals surface area contributed by atoms with E-state index in [0.717, 1.165) is 70.9 Å². The van der Waals surface area contributed by atoms with Gasteiger partial charge in [-0.3, -0.25) is 25.2 Å². The molecule has 16 nitrogen and oxygen atoms in total. The average molecular weight is 744 g/mol. The Bertz CT molecular complexity index is 1080. The van der Waals surface area contributed by atoms with Gasteiger partial charge < -0.3 is 40.2 Å². The molecule has 0 aliphatic carbocycles. The standard InChI is InChI=1S/C36H69N7O9/c1-26(41-31(46)50-34(2,3)4)20-25-37-21-18-19-23-39-29(45)27(49-11)28(44)38-22-16-14-12-13-15-17-24-40-30(42-32(47)51-35(5,6)7)43-33(48)52-36(8,9)10/h26-27,37H,12-25H2,1-11H3,(H,38,44)(H,39,45)(H,41,46)(H2,40,42,43,47,48). The van der Waals surface area contributed by atoms with Crippen LogP contribution in [0.5, 0.6) is 0 Å². The monoisotopic (exact) mass is 744 g/mol. The second kappa shape index (κ2) is 25.3. The van der Waals surface area contributed by atoms with Crippen LogP contribution in [0.1, 0.15) is 127 Å². The smallest absolute Gasteiger partial charge is 0.414 e. The molecule has 302 valence electrons. The molecule has 2 unspecified atom stereocenters. The molecule has 0 aromatic rings. The van der Waals surface area contributed by atoms with E-state index >= 15 is 0 Å². The fourth-order valence-corrected chi connectivity index (χ4v) is 4.39. The number of carbonyl (C=O) groups excluding carboxylic acids is 5. The lowest BCUT2D eigenvalue weighted by Gasteiger charge is -2.22. The number of rotatable bonds is 21. The zero-order valence-corrected chi connectivity index (χ0v) is 33.7. The van der Waals surface area contributed by atoms with Crippen molar-refractivity contribution in [2.75, 3.05) is 39.8 Å². The molecule has 16 heteroatoms. The molecule has 5 amide bonds. The van der Waals surface area contributed by atoms with Crippen LogP contribution >= 0.6 is 0 Å². The van der Waals surface area contributed by atoms with E-state index in [1.807, 2.05) is 27.7 Å². The Kier molecular flexibility index (Phi) is 23.6. The van der Waals surface area contributed by atoms with E-state index in [1.54, 1.807) is 41.5 Å². The molecule has 2 atom stereocenters. The minimum absolute atomic E-state index is 0.0224. The van der Waals surface area contributed by atoms with E-state index in [9.17, 15) is 24.0 Å². The van der Waals surface area contributed by atoms with Gasteiger partial charge in [0.1, 0.15) is 16.8 Å². The Morgan fingerprint density at radius 2 is 1.00 bits per heavy atom. The highest BCUT2D eigenvalue weighted by Gasteiger charge is 2.26. The second-order valence-corrected chi connectivity index (χ2v) is 15.6. The number of nitrogens with one attached hydrogen (secondary N) is 6. The summed E-state index contributed by atoms with van der Waals surface area (Å²) in [6, 6.07) is -0.0224. The van der Waals surface area contributed by atoms with Crippen molar-refractivity contribution >= 4 is 36.1 Å². The SMILES string of the molecule is COC(C(=O)NCCCCCCCCN=C(NC(=O)OC(C)(C)C)NC(=O)OC(C)(C)C)C(=O)NCCCCNCCC(C)NC(=O)OC(C)(C)C. The van der Waals surface area contributed by atoms with Crippen molar-refractivity contribution in [3.63, 3.8) is 0 Å². The molecule has 6 N–H and O–H groups in total. The van der Waals surface area contributed by atoms with Gasteiger partial charge in [0.2, 0.25) is 12.1 Å². The molecule has 0 radical (unpaired) electrons. The van der Waals surface area contributed by atoms with E-state index in [0.29, 0.717) is 19.6 Å². The zero-order valence-electron chi connectivity index (χ0n) is 33.7. The number of amides is 5. The third-order valence-corrected chi connectivity index (χ3v) is 6.70. The maximum atomic E-state index is 12.5. The number of hydrogen-bond donors (Lipinski definition) is 6. The normalized spacial score (nSPS) is 12.8. The number of nitrogens with zero attached hydrogens (tertiary/aromatic N) is 1. The van der Waals surface area contributed by atoms with Crippen LogP contribution in [0.15, 0.2) is 4.99 Å². The summed E-state index contributed by atoms with van der Waals surface area (Å²) in [4.78, 5) is 65.6. The van der Waals surface area contributed by atoms with Gasteiger partial charge >= 0.3 is 18.3 Å². The lowest BCUT2D eigenvalue weighted by atomic mass is 10.1. The Morgan fingerprint density at radius 3 is 1.48 bits per heavy atom. The van der Waals surface area contributed by atoms with Gasteiger partial charge in [-0.05, 0) is 114 Å². The minimum atomic E-state index is -1.21. The number of carbonyl (C=O) groups is 5. The topological polar surface area (TPSA) is 207 Å². The highest BCUT2D eigenvalue weighted by Crippen LogP contribution is 2.09. The number of aliphatic imine (C=N–C) groups is 1. The van der Waals surface area contributed by atoms with Crippen LogP contribution in [0.25, 0.3) is 0 Å². The Balaban J connectivity index is 4.21. The second-order valence-electron chi connectivity index (χ2n) is 15.6. The highest BCUT2D eigenvalue weighted by atomic mass is 16.6. The van der Waals surface area contributed by atoms with Crippen molar-refractivity contribution in [1.29, 1.82) is 0 Å². The summed E-state index contributed by atoms with van der Waals surface area (Å²) in [6.45, 7) is 20.5. The molecule has 0 bridgehead atoms. The van der Waals surface area contributed by atoms with Crippen LogP contribution in [0.2, 0.25) is 0 Å². The first-order valence-electron chi connectivity index (χ1n) is 18.4. The van der Waals surface area contributed by atoms with Crippen LogP contribution in [0.3, 0.4) is 0 Å². The number of alkyl carbamates (subject to hydrolysis) is 3. The van der Waals surface area contributed by atoms with E-state index in [1.165, 1.54) is 7.11 Å². The molecular weight excluding hydrogens is 674 g/mol. The van der Waals surface area contributed by atoms with Gasteiger partial charge in [0.05, 0.1) is 0 Å². The molecule has 0 rings (SSSR count). The molecular formula is C36H69N7O9. The number of ether oxygens (including phenoxy) is 4. The first-order valence-corrected chi connectivity index (χ1v) is 18.4. The summed E-state index contributed by atoms with van der Waals surface area (Å²) in [5.74, 6) is -0.975. The fraction of sp³-hybridized carbons (Fsp3) is 0.833.